The number of hydrogen-bond donors (Lipinski definition) is 0. The summed E-state index contributed by atoms with van der Waals surface area (Å²) in [4.78, 5) is 30.3. The van der Waals surface area contributed by atoms with E-state index in [0.717, 1.165) is 29.1 Å². The molecule has 6 nitrogen and oxygen atoms in total. The van der Waals surface area contributed by atoms with E-state index in [1.54, 1.807) is 24.5 Å². The molecule has 0 unspecified atom stereocenters. The Kier molecular flexibility index (Phi) is 4.54. The minimum Gasteiger partial charge on any atom is -0.362 e. The first-order valence-electron chi connectivity index (χ1n) is 8.95. The molecule has 1 aliphatic heterocycles. The van der Waals surface area contributed by atoms with Crippen molar-refractivity contribution < 1.29 is 4.79 Å². The zero-order chi connectivity index (χ0) is 18.8. The van der Waals surface area contributed by atoms with Gasteiger partial charge in [0.2, 0.25) is 0 Å². The van der Waals surface area contributed by atoms with Crippen LogP contribution in [0, 0.1) is 0 Å². The Hall–Kier alpha value is -3.28. The van der Waals surface area contributed by atoms with Crippen LogP contribution in [-0.2, 0) is 13.0 Å². The first-order chi connectivity index (χ1) is 13.1. The highest BCUT2D eigenvalue weighted by Gasteiger charge is 2.26. The molecule has 1 aliphatic rings. The molecule has 3 aromatic rings. The third kappa shape index (κ3) is 3.38. The van der Waals surface area contributed by atoms with Crippen LogP contribution in [0.1, 0.15) is 21.6 Å². The minimum atomic E-state index is 0.00864. The first-order valence-corrected chi connectivity index (χ1v) is 8.95. The lowest BCUT2D eigenvalue weighted by Gasteiger charge is -2.30. The molecule has 0 saturated heterocycles. The maximum Gasteiger partial charge on any atom is 0.254 e. The minimum absolute atomic E-state index is 0.00864. The Bertz CT molecular complexity index is 957. The van der Waals surface area contributed by atoms with E-state index in [-0.39, 0.29) is 5.91 Å². The third-order valence-corrected chi connectivity index (χ3v) is 4.71. The van der Waals surface area contributed by atoms with Crippen molar-refractivity contribution in [2.75, 3.05) is 25.5 Å². The molecular weight excluding hydrogens is 338 g/mol. The number of fused-ring (bicyclic) bond motifs is 1. The SMILES string of the molecule is CN(C)c1nc(-c2ccccc2)nc2c1CCN(C(=O)c1ccncc1)C2. The van der Waals surface area contributed by atoms with Crippen LogP contribution in [-0.4, -0.2) is 46.4 Å². The van der Waals surface area contributed by atoms with Crippen molar-refractivity contribution in [2.24, 2.45) is 0 Å². The van der Waals surface area contributed by atoms with Crippen LogP contribution in [0.25, 0.3) is 11.4 Å². The van der Waals surface area contributed by atoms with Gasteiger partial charge in [-0.05, 0) is 18.6 Å². The van der Waals surface area contributed by atoms with Crippen LogP contribution in [0.4, 0.5) is 5.82 Å². The van der Waals surface area contributed by atoms with Gasteiger partial charge in [-0.2, -0.15) is 0 Å². The van der Waals surface area contributed by atoms with Crippen molar-refractivity contribution in [3.63, 3.8) is 0 Å². The predicted octanol–water partition coefficient (Wildman–Crippen LogP) is 2.80. The highest BCUT2D eigenvalue weighted by molar-refractivity contribution is 5.94. The lowest BCUT2D eigenvalue weighted by Crippen LogP contribution is -2.37. The van der Waals surface area contributed by atoms with Gasteiger partial charge in [0.05, 0.1) is 12.2 Å². The van der Waals surface area contributed by atoms with Crippen LogP contribution in [0.2, 0.25) is 0 Å². The zero-order valence-corrected chi connectivity index (χ0v) is 15.5. The summed E-state index contributed by atoms with van der Waals surface area (Å²) in [7, 11) is 3.98. The van der Waals surface area contributed by atoms with Gasteiger partial charge in [-0.1, -0.05) is 30.3 Å². The Morgan fingerprint density at radius 1 is 1.04 bits per heavy atom. The summed E-state index contributed by atoms with van der Waals surface area (Å²) >= 11 is 0. The van der Waals surface area contributed by atoms with Gasteiger partial charge in [0, 0.05) is 49.7 Å². The fourth-order valence-corrected chi connectivity index (χ4v) is 3.35. The molecule has 0 aliphatic carbocycles. The molecule has 2 aromatic heterocycles. The molecule has 0 spiro atoms. The van der Waals surface area contributed by atoms with Crippen LogP contribution in [0.5, 0.6) is 0 Å². The lowest BCUT2D eigenvalue weighted by atomic mass is 10.0. The maximum atomic E-state index is 12.8. The highest BCUT2D eigenvalue weighted by Crippen LogP contribution is 2.29. The van der Waals surface area contributed by atoms with Crippen molar-refractivity contribution in [1.82, 2.24) is 19.9 Å². The fraction of sp³-hybridized carbons (Fsp3) is 0.238. The number of pyridine rings is 1. The Labute approximate surface area is 158 Å². The number of carbonyl (C=O) groups excluding carboxylic acids is 1. The van der Waals surface area contributed by atoms with Gasteiger partial charge in [-0.25, -0.2) is 9.97 Å². The van der Waals surface area contributed by atoms with E-state index in [2.05, 4.69) is 4.98 Å². The Morgan fingerprint density at radius 3 is 2.48 bits per heavy atom. The van der Waals surface area contributed by atoms with Crippen molar-refractivity contribution >= 4 is 11.7 Å². The summed E-state index contributed by atoms with van der Waals surface area (Å²) in [6.07, 6.45) is 4.03. The van der Waals surface area contributed by atoms with Crippen LogP contribution in [0.3, 0.4) is 0 Å². The smallest absolute Gasteiger partial charge is 0.254 e. The molecule has 3 heterocycles. The quantitative estimate of drug-likeness (QED) is 0.720. The van der Waals surface area contributed by atoms with Crippen LogP contribution < -0.4 is 4.90 Å². The summed E-state index contributed by atoms with van der Waals surface area (Å²) in [5.74, 6) is 1.63. The number of rotatable bonds is 3. The maximum absolute atomic E-state index is 12.8. The molecule has 1 aromatic carbocycles. The Balaban J connectivity index is 1.71. The average molecular weight is 359 g/mol. The molecule has 1 amide bonds. The number of hydrogen-bond acceptors (Lipinski definition) is 5. The van der Waals surface area contributed by atoms with E-state index >= 15 is 0 Å². The summed E-state index contributed by atoms with van der Waals surface area (Å²) in [5, 5.41) is 0. The molecule has 0 fully saturated rings. The molecule has 0 radical (unpaired) electrons. The standard InChI is InChI=1S/C21H21N5O/c1-25(2)20-17-10-13-26(21(27)16-8-11-22-12-9-16)14-18(17)23-19(24-20)15-6-4-3-5-7-15/h3-9,11-12H,10,13-14H2,1-2H3. The van der Waals surface area contributed by atoms with Gasteiger partial charge in [-0.15, -0.1) is 0 Å². The normalized spacial score (nSPS) is 13.2. The van der Waals surface area contributed by atoms with E-state index in [4.69, 9.17) is 9.97 Å². The number of benzene rings is 1. The summed E-state index contributed by atoms with van der Waals surface area (Å²) in [6, 6.07) is 13.4. The molecular formula is C21H21N5O. The van der Waals surface area contributed by atoms with Gasteiger partial charge in [0.15, 0.2) is 5.82 Å². The molecule has 27 heavy (non-hydrogen) atoms. The highest BCUT2D eigenvalue weighted by atomic mass is 16.2. The van der Waals surface area contributed by atoms with Crippen LogP contribution in [0.15, 0.2) is 54.9 Å². The second kappa shape index (κ2) is 7.15. The predicted molar refractivity (Wildman–Crippen MR) is 104 cm³/mol. The lowest BCUT2D eigenvalue weighted by molar-refractivity contribution is 0.0731. The molecule has 0 saturated carbocycles. The zero-order valence-electron chi connectivity index (χ0n) is 15.5. The monoisotopic (exact) mass is 359 g/mol. The van der Waals surface area contributed by atoms with Gasteiger partial charge in [-0.3, -0.25) is 9.78 Å². The molecule has 4 rings (SSSR count). The van der Waals surface area contributed by atoms with E-state index in [1.807, 2.05) is 54.2 Å². The summed E-state index contributed by atoms with van der Waals surface area (Å²) in [6.45, 7) is 1.14. The number of aromatic nitrogens is 3. The molecule has 0 bridgehead atoms. The van der Waals surface area contributed by atoms with Gasteiger partial charge >= 0.3 is 0 Å². The molecule has 0 atom stereocenters. The number of carbonyl (C=O) groups is 1. The van der Waals surface area contributed by atoms with Gasteiger partial charge < -0.3 is 9.80 Å². The van der Waals surface area contributed by atoms with Gasteiger partial charge in [0.25, 0.3) is 5.91 Å². The molecule has 0 N–H and O–H groups in total. The van der Waals surface area contributed by atoms with Crippen molar-refractivity contribution in [2.45, 2.75) is 13.0 Å². The average Bonchev–Trinajstić information content (AvgIpc) is 2.73. The van der Waals surface area contributed by atoms with Crippen molar-refractivity contribution in [3.8, 4) is 11.4 Å². The molecule has 6 heteroatoms. The van der Waals surface area contributed by atoms with E-state index in [0.29, 0.717) is 24.5 Å². The molecule has 136 valence electrons. The first kappa shape index (κ1) is 17.1. The van der Waals surface area contributed by atoms with Crippen LogP contribution >= 0.6 is 0 Å². The van der Waals surface area contributed by atoms with E-state index in [1.165, 1.54) is 0 Å². The Morgan fingerprint density at radius 2 is 1.78 bits per heavy atom. The number of anilines is 1. The number of nitrogens with zero attached hydrogens (tertiary/aromatic N) is 5. The van der Waals surface area contributed by atoms with Gasteiger partial charge in [0.1, 0.15) is 5.82 Å². The van der Waals surface area contributed by atoms with E-state index < -0.39 is 0 Å². The summed E-state index contributed by atoms with van der Waals surface area (Å²) in [5.41, 5.74) is 3.67. The third-order valence-electron chi connectivity index (χ3n) is 4.71. The van der Waals surface area contributed by atoms with E-state index in [9.17, 15) is 4.79 Å². The van der Waals surface area contributed by atoms with Crippen molar-refractivity contribution in [1.29, 1.82) is 0 Å². The fourth-order valence-electron chi connectivity index (χ4n) is 3.35. The second-order valence-electron chi connectivity index (χ2n) is 6.77. The van der Waals surface area contributed by atoms with Crippen molar-refractivity contribution in [3.05, 3.63) is 71.7 Å². The summed E-state index contributed by atoms with van der Waals surface area (Å²) < 4.78 is 0. The number of amides is 1. The topological polar surface area (TPSA) is 62.2 Å². The largest absolute Gasteiger partial charge is 0.362 e. The second-order valence-corrected chi connectivity index (χ2v) is 6.77.